The van der Waals surface area contributed by atoms with E-state index in [9.17, 15) is 9.59 Å². The number of hydrogen-bond acceptors (Lipinski definition) is 5. The lowest BCUT2D eigenvalue weighted by molar-refractivity contribution is -0.132. The number of carbonyl (C=O) groups is 2. The standard InChI is InChI=1S/C19H21N5O2S/c1-13-7-9-15(10-8-13)20-17(25)12-23(3)18(26)14(2)27-19-22-21-16-6-4-5-11-24(16)19/h4-11,14H,12H2,1-3H3,(H,20,25)/t14-/m1/s1. The van der Waals surface area contributed by atoms with Crippen molar-refractivity contribution in [2.45, 2.75) is 24.3 Å². The van der Waals surface area contributed by atoms with Crippen molar-refractivity contribution in [2.75, 3.05) is 18.9 Å². The number of pyridine rings is 1. The molecule has 3 rings (SSSR count). The van der Waals surface area contributed by atoms with Gasteiger partial charge in [0.25, 0.3) is 0 Å². The second kappa shape index (κ2) is 8.22. The summed E-state index contributed by atoms with van der Waals surface area (Å²) in [7, 11) is 1.62. The van der Waals surface area contributed by atoms with E-state index in [2.05, 4.69) is 15.5 Å². The quantitative estimate of drug-likeness (QED) is 0.662. The number of rotatable bonds is 6. The summed E-state index contributed by atoms with van der Waals surface area (Å²) in [6.45, 7) is 3.76. The molecule has 0 saturated heterocycles. The van der Waals surface area contributed by atoms with Crippen LogP contribution < -0.4 is 5.32 Å². The van der Waals surface area contributed by atoms with Gasteiger partial charge in [-0.2, -0.15) is 0 Å². The molecule has 2 aromatic heterocycles. The molecule has 0 aliphatic carbocycles. The van der Waals surface area contributed by atoms with Crippen molar-refractivity contribution >= 4 is 34.9 Å². The minimum atomic E-state index is -0.394. The Kier molecular flexibility index (Phi) is 5.75. The lowest BCUT2D eigenvalue weighted by Gasteiger charge is -2.20. The Morgan fingerprint density at radius 2 is 1.93 bits per heavy atom. The molecule has 2 amide bonds. The number of anilines is 1. The van der Waals surface area contributed by atoms with Crippen LogP contribution in [0.4, 0.5) is 5.69 Å². The average Bonchev–Trinajstić information content (AvgIpc) is 3.06. The molecule has 2 heterocycles. The maximum absolute atomic E-state index is 12.6. The molecule has 0 aliphatic heterocycles. The molecule has 1 N–H and O–H groups in total. The van der Waals surface area contributed by atoms with E-state index in [1.54, 1.807) is 14.0 Å². The zero-order chi connectivity index (χ0) is 19.4. The smallest absolute Gasteiger partial charge is 0.243 e. The van der Waals surface area contributed by atoms with E-state index in [0.29, 0.717) is 10.8 Å². The Morgan fingerprint density at radius 1 is 1.19 bits per heavy atom. The van der Waals surface area contributed by atoms with Crippen molar-refractivity contribution in [3.8, 4) is 0 Å². The zero-order valence-electron chi connectivity index (χ0n) is 15.4. The molecule has 0 bridgehead atoms. The normalized spacial score (nSPS) is 12.0. The highest BCUT2D eigenvalue weighted by Gasteiger charge is 2.22. The van der Waals surface area contributed by atoms with Crippen molar-refractivity contribution in [2.24, 2.45) is 0 Å². The van der Waals surface area contributed by atoms with Gasteiger partial charge >= 0.3 is 0 Å². The summed E-state index contributed by atoms with van der Waals surface area (Å²) in [5, 5.41) is 11.3. The summed E-state index contributed by atoms with van der Waals surface area (Å²) in [5.41, 5.74) is 2.56. The largest absolute Gasteiger partial charge is 0.335 e. The number of likely N-dealkylation sites (N-methyl/N-ethyl adjacent to an activating group) is 1. The monoisotopic (exact) mass is 383 g/mol. The Morgan fingerprint density at radius 3 is 2.67 bits per heavy atom. The van der Waals surface area contributed by atoms with Gasteiger partial charge in [0, 0.05) is 18.9 Å². The van der Waals surface area contributed by atoms with Crippen LogP contribution in [-0.2, 0) is 9.59 Å². The minimum Gasteiger partial charge on any atom is -0.335 e. The van der Waals surface area contributed by atoms with Gasteiger partial charge < -0.3 is 10.2 Å². The van der Waals surface area contributed by atoms with E-state index >= 15 is 0 Å². The van der Waals surface area contributed by atoms with Crippen LogP contribution in [0, 0.1) is 6.92 Å². The topological polar surface area (TPSA) is 79.6 Å². The van der Waals surface area contributed by atoms with E-state index in [-0.39, 0.29) is 18.4 Å². The van der Waals surface area contributed by atoms with E-state index in [1.807, 2.05) is 60.0 Å². The highest BCUT2D eigenvalue weighted by molar-refractivity contribution is 8.00. The molecule has 3 aromatic rings. The fourth-order valence-electron chi connectivity index (χ4n) is 2.55. The molecular weight excluding hydrogens is 362 g/mol. The molecule has 1 atom stereocenters. The fourth-order valence-corrected chi connectivity index (χ4v) is 3.50. The molecular formula is C19H21N5O2S. The van der Waals surface area contributed by atoms with Crippen molar-refractivity contribution in [1.29, 1.82) is 0 Å². The number of nitrogens with one attached hydrogen (secondary N) is 1. The third kappa shape index (κ3) is 4.65. The van der Waals surface area contributed by atoms with Crippen LogP contribution in [0.25, 0.3) is 5.65 Å². The van der Waals surface area contributed by atoms with Crippen LogP contribution in [0.15, 0.2) is 53.8 Å². The van der Waals surface area contributed by atoms with Crippen molar-refractivity contribution in [3.05, 3.63) is 54.2 Å². The van der Waals surface area contributed by atoms with Gasteiger partial charge in [0.1, 0.15) is 0 Å². The molecule has 140 valence electrons. The summed E-state index contributed by atoms with van der Waals surface area (Å²) >= 11 is 1.32. The van der Waals surface area contributed by atoms with Gasteiger partial charge in [0.05, 0.1) is 11.8 Å². The Hall–Kier alpha value is -2.87. The van der Waals surface area contributed by atoms with Crippen LogP contribution in [0.1, 0.15) is 12.5 Å². The molecule has 7 nitrogen and oxygen atoms in total. The summed E-state index contributed by atoms with van der Waals surface area (Å²) in [6.07, 6.45) is 1.85. The maximum Gasteiger partial charge on any atom is 0.243 e. The van der Waals surface area contributed by atoms with E-state index in [0.717, 1.165) is 11.2 Å². The number of hydrogen-bond donors (Lipinski definition) is 1. The molecule has 1 aromatic carbocycles. The number of benzene rings is 1. The molecule has 0 spiro atoms. The third-order valence-electron chi connectivity index (χ3n) is 4.00. The molecule has 8 heteroatoms. The van der Waals surface area contributed by atoms with Crippen molar-refractivity contribution in [3.63, 3.8) is 0 Å². The summed E-state index contributed by atoms with van der Waals surface area (Å²) < 4.78 is 1.83. The van der Waals surface area contributed by atoms with Crippen LogP contribution in [0.5, 0.6) is 0 Å². The number of fused-ring (bicyclic) bond motifs is 1. The lowest BCUT2D eigenvalue weighted by atomic mass is 10.2. The van der Waals surface area contributed by atoms with Crippen LogP contribution >= 0.6 is 11.8 Å². The van der Waals surface area contributed by atoms with Crippen LogP contribution in [0.3, 0.4) is 0 Å². The average molecular weight is 383 g/mol. The van der Waals surface area contributed by atoms with Gasteiger partial charge in [-0.1, -0.05) is 35.5 Å². The van der Waals surface area contributed by atoms with Crippen LogP contribution in [0.2, 0.25) is 0 Å². The first-order chi connectivity index (χ1) is 12.9. The first kappa shape index (κ1) is 18.9. The zero-order valence-corrected chi connectivity index (χ0v) is 16.2. The van der Waals surface area contributed by atoms with E-state index in [1.165, 1.54) is 16.7 Å². The molecule has 27 heavy (non-hydrogen) atoms. The van der Waals surface area contributed by atoms with Crippen molar-refractivity contribution < 1.29 is 9.59 Å². The number of carbonyl (C=O) groups excluding carboxylic acids is 2. The molecule has 0 aliphatic rings. The van der Waals surface area contributed by atoms with Gasteiger partial charge in [0.15, 0.2) is 10.8 Å². The first-order valence-corrected chi connectivity index (χ1v) is 9.40. The molecule has 0 unspecified atom stereocenters. The Balaban J connectivity index is 1.57. The third-order valence-corrected chi connectivity index (χ3v) is 5.05. The second-order valence-corrected chi connectivity index (χ2v) is 7.59. The Bertz CT molecular complexity index is 954. The number of nitrogens with zero attached hydrogens (tertiary/aromatic N) is 4. The summed E-state index contributed by atoms with van der Waals surface area (Å²) in [4.78, 5) is 26.2. The first-order valence-electron chi connectivity index (χ1n) is 8.52. The minimum absolute atomic E-state index is 0.0157. The summed E-state index contributed by atoms with van der Waals surface area (Å²) in [5.74, 6) is -0.383. The van der Waals surface area contributed by atoms with Gasteiger partial charge in [-0.15, -0.1) is 10.2 Å². The summed E-state index contributed by atoms with van der Waals surface area (Å²) in [6, 6.07) is 13.1. The van der Waals surface area contributed by atoms with E-state index in [4.69, 9.17) is 0 Å². The van der Waals surface area contributed by atoms with Gasteiger partial charge in [0.2, 0.25) is 11.8 Å². The van der Waals surface area contributed by atoms with Gasteiger partial charge in [-0.25, -0.2) is 0 Å². The van der Waals surface area contributed by atoms with Crippen LogP contribution in [-0.4, -0.2) is 50.2 Å². The van der Waals surface area contributed by atoms with E-state index < -0.39 is 5.25 Å². The Labute approximate surface area is 161 Å². The maximum atomic E-state index is 12.6. The number of aryl methyl sites for hydroxylation is 1. The predicted molar refractivity (Wildman–Crippen MR) is 106 cm³/mol. The molecule has 0 fully saturated rings. The second-order valence-electron chi connectivity index (χ2n) is 6.28. The molecule has 0 radical (unpaired) electrons. The predicted octanol–water partition coefficient (Wildman–Crippen LogP) is 2.62. The number of amides is 2. The van der Waals surface area contributed by atoms with Gasteiger partial charge in [-0.05, 0) is 38.1 Å². The number of thioether (sulfide) groups is 1. The number of aromatic nitrogens is 3. The lowest BCUT2D eigenvalue weighted by Crippen LogP contribution is -2.39. The molecule has 0 saturated carbocycles. The highest BCUT2D eigenvalue weighted by Crippen LogP contribution is 2.23. The highest BCUT2D eigenvalue weighted by atomic mass is 32.2. The van der Waals surface area contributed by atoms with Gasteiger partial charge in [-0.3, -0.25) is 14.0 Å². The SMILES string of the molecule is Cc1ccc(NC(=O)CN(C)C(=O)[C@@H](C)Sc2nnc3ccccn23)cc1. The fraction of sp³-hybridized carbons (Fsp3) is 0.263. The van der Waals surface area contributed by atoms with Crippen molar-refractivity contribution in [1.82, 2.24) is 19.5 Å².